The Labute approximate surface area is 186 Å². The first kappa shape index (κ1) is 23.8. The van der Waals surface area contributed by atoms with Crippen LogP contribution in [0.2, 0.25) is 5.02 Å². The molecule has 0 aliphatic carbocycles. The lowest BCUT2D eigenvalue weighted by Gasteiger charge is -2.17. The average Bonchev–Trinajstić information content (AvgIpc) is 2.73. The van der Waals surface area contributed by atoms with Crippen LogP contribution in [-0.4, -0.2) is 36.7 Å². The summed E-state index contributed by atoms with van der Waals surface area (Å²) in [6.45, 7) is -0.581. The monoisotopic (exact) mass is 487 g/mol. The van der Waals surface area contributed by atoms with Crippen LogP contribution < -0.4 is 9.46 Å². The molecule has 12 heteroatoms. The van der Waals surface area contributed by atoms with Crippen molar-refractivity contribution in [1.82, 2.24) is 9.97 Å². The summed E-state index contributed by atoms with van der Waals surface area (Å²) < 4.78 is 73.6. The van der Waals surface area contributed by atoms with E-state index in [1.165, 1.54) is 42.5 Å². The van der Waals surface area contributed by atoms with Gasteiger partial charge in [-0.15, -0.1) is 0 Å². The molecule has 0 saturated carbocycles. The van der Waals surface area contributed by atoms with Gasteiger partial charge in [-0.25, -0.2) is 18.4 Å². The van der Waals surface area contributed by atoms with Gasteiger partial charge in [-0.1, -0.05) is 29.8 Å². The molecular weight excluding hydrogens is 471 g/mol. The molecule has 0 radical (unpaired) electrons. The second kappa shape index (κ2) is 9.72. The molecule has 0 bridgehead atoms. The largest absolute Gasteiger partial charge is 0.475 e. The Balaban J connectivity index is 2.06. The van der Waals surface area contributed by atoms with E-state index >= 15 is 0 Å². The fourth-order valence-corrected chi connectivity index (χ4v) is 4.02. The molecule has 0 fully saturated rings. The minimum atomic E-state index is -4.62. The number of ether oxygens (including phenoxy) is 1. The number of anilines is 1. The molecule has 1 aromatic heterocycles. The molecule has 170 valence electrons. The molecule has 3 aromatic rings. The number of aliphatic hydroxyl groups is 1. The van der Waals surface area contributed by atoms with Crippen molar-refractivity contribution in [3.63, 3.8) is 0 Å². The molecule has 0 unspecified atom stereocenters. The third-order valence-corrected chi connectivity index (χ3v) is 5.89. The maximum Gasteiger partial charge on any atom is 0.416 e. The molecule has 0 aliphatic heterocycles. The predicted octanol–water partition coefficient (Wildman–Crippen LogP) is 3.91. The summed E-state index contributed by atoms with van der Waals surface area (Å²) in [6, 6.07) is 10.2. The van der Waals surface area contributed by atoms with Gasteiger partial charge in [0.2, 0.25) is 5.88 Å². The summed E-state index contributed by atoms with van der Waals surface area (Å²) in [7, 11) is -4.15. The standard InChI is InChI=1S/C20H17ClF3N3O4S/c21-14-5-7-15(8-6-14)32(29,30)27-18-16(19(26-12-25-18)31-10-9-28)11-13-3-1-2-4-17(13)20(22,23)24/h1-8,12,28H,9-11H2,(H,25,26,27). The summed E-state index contributed by atoms with van der Waals surface area (Å²) in [5.74, 6) is -0.403. The molecule has 2 N–H and O–H groups in total. The van der Waals surface area contributed by atoms with E-state index < -0.39 is 21.8 Å². The molecule has 1 heterocycles. The fraction of sp³-hybridized carbons (Fsp3) is 0.200. The van der Waals surface area contributed by atoms with Gasteiger partial charge in [-0.2, -0.15) is 13.2 Å². The Morgan fingerprint density at radius 1 is 1.06 bits per heavy atom. The second-order valence-electron chi connectivity index (χ2n) is 6.47. The Morgan fingerprint density at radius 3 is 2.41 bits per heavy atom. The van der Waals surface area contributed by atoms with Crippen LogP contribution in [0.25, 0.3) is 0 Å². The maximum atomic E-state index is 13.5. The van der Waals surface area contributed by atoms with Gasteiger partial charge in [0.05, 0.1) is 22.6 Å². The van der Waals surface area contributed by atoms with Gasteiger partial charge in [0.1, 0.15) is 12.9 Å². The maximum absolute atomic E-state index is 13.5. The van der Waals surface area contributed by atoms with Gasteiger partial charge < -0.3 is 9.84 Å². The van der Waals surface area contributed by atoms with Crippen LogP contribution in [0.3, 0.4) is 0 Å². The molecule has 0 saturated heterocycles. The number of nitrogens with one attached hydrogen (secondary N) is 1. The summed E-state index contributed by atoms with van der Waals surface area (Å²) in [5.41, 5.74) is -1.03. The first-order chi connectivity index (χ1) is 15.1. The number of nitrogens with zero attached hydrogens (tertiary/aromatic N) is 2. The number of alkyl halides is 3. The van der Waals surface area contributed by atoms with E-state index in [0.29, 0.717) is 5.02 Å². The van der Waals surface area contributed by atoms with Crippen LogP contribution in [0, 0.1) is 0 Å². The van der Waals surface area contributed by atoms with Crippen molar-refractivity contribution in [2.45, 2.75) is 17.5 Å². The van der Waals surface area contributed by atoms with Gasteiger partial charge in [0, 0.05) is 11.4 Å². The van der Waals surface area contributed by atoms with Crippen LogP contribution >= 0.6 is 11.6 Å². The highest BCUT2D eigenvalue weighted by atomic mass is 35.5. The van der Waals surface area contributed by atoms with Crippen molar-refractivity contribution in [1.29, 1.82) is 0 Å². The van der Waals surface area contributed by atoms with E-state index in [0.717, 1.165) is 12.4 Å². The first-order valence-electron chi connectivity index (χ1n) is 9.13. The molecule has 32 heavy (non-hydrogen) atoms. The predicted molar refractivity (Wildman–Crippen MR) is 111 cm³/mol. The summed E-state index contributed by atoms with van der Waals surface area (Å²) in [6.07, 6.45) is -4.00. The minimum absolute atomic E-state index is 0.0183. The molecule has 0 spiro atoms. The number of rotatable bonds is 8. The van der Waals surface area contributed by atoms with Crippen molar-refractivity contribution in [2.24, 2.45) is 0 Å². The van der Waals surface area contributed by atoms with Crippen molar-refractivity contribution in [3.8, 4) is 5.88 Å². The number of hydrogen-bond donors (Lipinski definition) is 2. The lowest BCUT2D eigenvalue weighted by Crippen LogP contribution is -2.18. The highest BCUT2D eigenvalue weighted by molar-refractivity contribution is 7.92. The van der Waals surface area contributed by atoms with Gasteiger partial charge >= 0.3 is 6.18 Å². The number of sulfonamides is 1. The van der Waals surface area contributed by atoms with Crippen LogP contribution in [0.4, 0.5) is 19.0 Å². The van der Waals surface area contributed by atoms with Crippen molar-refractivity contribution < 1.29 is 31.4 Å². The highest BCUT2D eigenvalue weighted by Gasteiger charge is 2.33. The summed E-state index contributed by atoms with van der Waals surface area (Å²) >= 11 is 5.79. The Bertz CT molecular complexity index is 1190. The third-order valence-electron chi connectivity index (χ3n) is 4.28. The van der Waals surface area contributed by atoms with Gasteiger partial charge in [0.15, 0.2) is 5.82 Å². The zero-order valence-corrected chi connectivity index (χ0v) is 17.9. The zero-order valence-electron chi connectivity index (χ0n) is 16.3. The van der Waals surface area contributed by atoms with E-state index in [9.17, 15) is 21.6 Å². The smallest absolute Gasteiger partial charge is 0.416 e. The Kier molecular flexibility index (Phi) is 7.22. The number of halogens is 4. The van der Waals surface area contributed by atoms with Crippen molar-refractivity contribution in [2.75, 3.05) is 17.9 Å². The van der Waals surface area contributed by atoms with Crippen molar-refractivity contribution >= 4 is 27.4 Å². The Hall–Kier alpha value is -2.89. The van der Waals surface area contributed by atoms with Crippen molar-refractivity contribution in [3.05, 3.63) is 76.6 Å². The topological polar surface area (TPSA) is 101 Å². The number of aromatic nitrogens is 2. The fourth-order valence-electron chi connectivity index (χ4n) is 2.85. The van der Waals surface area contributed by atoms with Gasteiger partial charge in [-0.05, 0) is 35.9 Å². The molecule has 3 rings (SSSR count). The van der Waals surface area contributed by atoms with Gasteiger partial charge in [-0.3, -0.25) is 4.72 Å². The molecule has 0 aliphatic rings. The lowest BCUT2D eigenvalue weighted by atomic mass is 10.00. The van der Waals surface area contributed by atoms with E-state index in [2.05, 4.69) is 14.7 Å². The zero-order chi connectivity index (χ0) is 23.4. The van der Waals surface area contributed by atoms with E-state index in [1.54, 1.807) is 0 Å². The molecular formula is C20H17ClF3N3O4S. The second-order valence-corrected chi connectivity index (χ2v) is 8.59. The van der Waals surface area contributed by atoms with Gasteiger partial charge in [0.25, 0.3) is 10.0 Å². The third kappa shape index (κ3) is 5.67. The van der Waals surface area contributed by atoms with E-state index in [4.69, 9.17) is 21.4 Å². The quantitative estimate of drug-likeness (QED) is 0.499. The molecule has 0 atom stereocenters. The van der Waals surface area contributed by atoms with Crippen LogP contribution in [0.1, 0.15) is 16.7 Å². The van der Waals surface area contributed by atoms with E-state index in [1.807, 2.05) is 0 Å². The molecule has 7 nitrogen and oxygen atoms in total. The Morgan fingerprint density at radius 2 is 1.75 bits per heavy atom. The first-order valence-corrected chi connectivity index (χ1v) is 11.0. The average molecular weight is 488 g/mol. The number of hydrogen-bond acceptors (Lipinski definition) is 6. The summed E-state index contributed by atoms with van der Waals surface area (Å²) in [5, 5.41) is 9.38. The molecule has 0 amide bonds. The van der Waals surface area contributed by atoms with Crippen LogP contribution in [0.5, 0.6) is 5.88 Å². The highest BCUT2D eigenvalue weighted by Crippen LogP contribution is 2.35. The van der Waals surface area contributed by atoms with Crippen LogP contribution in [0.15, 0.2) is 59.8 Å². The minimum Gasteiger partial charge on any atom is -0.475 e. The molecule has 2 aromatic carbocycles. The summed E-state index contributed by atoms with van der Waals surface area (Å²) in [4.78, 5) is 7.69. The normalized spacial score (nSPS) is 11.9. The van der Waals surface area contributed by atoms with Crippen LogP contribution in [-0.2, 0) is 22.6 Å². The lowest BCUT2D eigenvalue weighted by molar-refractivity contribution is -0.138. The number of benzene rings is 2. The SMILES string of the molecule is O=S(=O)(Nc1ncnc(OCCO)c1Cc1ccccc1C(F)(F)F)c1ccc(Cl)cc1. The van der Waals surface area contributed by atoms with E-state index in [-0.39, 0.29) is 47.4 Å². The number of aliphatic hydroxyl groups excluding tert-OH is 1.